The van der Waals surface area contributed by atoms with Crippen LogP contribution in [0, 0.1) is 5.92 Å². The van der Waals surface area contributed by atoms with E-state index in [0.29, 0.717) is 18.5 Å². The number of hydrogen-bond donors (Lipinski definition) is 1. The van der Waals surface area contributed by atoms with Crippen molar-refractivity contribution >= 4 is 18.5 Å². The molecular weight excluding hydrogens is 396 g/mol. The summed E-state index contributed by atoms with van der Waals surface area (Å²) in [5.74, 6) is 1.66. The van der Waals surface area contributed by atoms with Gasteiger partial charge in [-0.05, 0) is 61.4 Å². The second-order valence-corrected chi connectivity index (χ2v) is 9.66. The van der Waals surface area contributed by atoms with Crippen molar-refractivity contribution in [3.05, 3.63) is 34.9 Å². The molecule has 1 N–H and O–H groups in total. The minimum absolute atomic E-state index is 0. The molecule has 1 amide bonds. The molecule has 1 saturated heterocycles. The highest BCUT2D eigenvalue weighted by atomic mass is 35.5. The first-order valence-corrected chi connectivity index (χ1v) is 11.9. The van der Waals surface area contributed by atoms with E-state index in [2.05, 4.69) is 23.1 Å². The maximum atomic E-state index is 11.2. The zero-order valence-electron chi connectivity index (χ0n) is 18.5. The maximum absolute atomic E-state index is 11.2. The molecule has 0 aromatic heterocycles. The Morgan fingerprint density at radius 1 is 1.13 bits per heavy atom. The summed E-state index contributed by atoms with van der Waals surface area (Å²) in [6, 6.07) is 7.27. The molecule has 2 aliphatic carbocycles. The number of fused-ring (bicyclic) bond motifs is 3. The average Bonchev–Trinajstić information content (AvgIpc) is 3.15. The summed E-state index contributed by atoms with van der Waals surface area (Å²) >= 11 is 0. The van der Waals surface area contributed by atoms with E-state index in [-0.39, 0.29) is 12.4 Å². The molecule has 0 unspecified atom stereocenters. The standard InChI is InChI=1S/C25H38N2O2.ClH/c1-26(25(28)29)18-20-11-7-12-22-21(20)13-14-24-23(22)15-17-27(24)16-6-5-10-19-8-3-2-4-9-19;/h7,11-12,19,23-24H,2-6,8-10,13-18H2,1H3,(H,28,29);1H/t23-,24+;/m1./s1. The second kappa shape index (κ2) is 10.9. The smallest absolute Gasteiger partial charge is 0.407 e. The molecule has 4 nitrogen and oxygen atoms in total. The molecule has 1 aromatic rings. The molecule has 1 aliphatic heterocycles. The zero-order chi connectivity index (χ0) is 20.2. The number of carbonyl (C=O) groups is 1. The molecule has 1 heterocycles. The average molecular weight is 435 g/mol. The van der Waals surface area contributed by atoms with E-state index < -0.39 is 6.09 Å². The molecule has 2 atom stereocenters. The van der Waals surface area contributed by atoms with Crippen LogP contribution in [0.15, 0.2) is 18.2 Å². The van der Waals surface area contributed by atoms with Crippen molar-refractivity contribution in [3.8, 4) is 0 Å². The highest BCUT2D eigenvalue weighted by Gasteiger charge is 2.38. The summed E-state index contributed by atoms with van der Waals surface area (Å²) in [4.78, 5) is 15.4. The lowest BCUT2D eigenvalue weighted by atomic mass is 9.77. The van der Waals surface area contributed by atoms with Crippen LogP contribution in [0.4, 0.5) is 4.79 Å². The fraction of sp³-hybridized carbons (Fsp3) is 0.720. The van der Waals surface area contributed by atoms with Gasteiger partial charge in [-0.1, -0.05) is 63.1 Å². The van der Waals surface area contributed by atoms with Crippen molar-refractivity contribution in [2.45, 2.75) is 89.1 Å². The highest BCUT2D eigenvalue weighted by Crippen LogP contribution is 2.42. The minimum atomic E-state index is -0.850. The van der Waals surface area contributed by atoms with Crippen molar-refractivity contribution in [1.82, 2.24) is 9.80 Å². The normalized spacial score (nSPS) is 24.0. The molecule has 4 rings (SSSR count). The lowest BCUT2D eigenvalue weighted by molar-refractivity contribution is 0.153. The predicted molar refractivity (Wildman–Crippen MR) is 125 cm³/mol. The van der Waals surface area contributed by atoms with Crippen LogP contribution in [0.1, 0.15) is 86.8 Å². The lowest BCUT2D eigenvalue weighted by Gasteiger charge is -2.35. The first kappa shape index (κ1) is 23.4. The number of benzene rings is 1. The summed E-state index contributed by atoms with van der Waals surface area (Å²) in [6.45, 7) is 3.00. The van der Waals surface area contributed by atoms with Crippen LogP contribution in [0.25, 0.3) is 0 Å². The molecule has 2 fully saturated rings. The van der Waals surface area contributed by atoms with Crippen molar-refractivity contribution < 1.29 is 9.90 Å². The molecule has 0 spiro atoms. The minimum Gasteiger partial charge on any atom is -0.465 e. The molecule has 3 aliphatic rings. The third-order valence-corrected chi connectivity index (χ3v) is 7.83. The number of rotatable bonds is 7. The number of amides is 1. The van der Waals surface area contributed by atoms with Crippen molar-refractivity contribution in [1.29, 1.82) is 0 Å². The fourth-order valence-electron chi connectivity index (χ4n) is 6.24. The van der Waals surface area contributed by atoms with Gasteiger partial charge in [-0.15, -0.1) is 12.4 Å². The molecule has 30 heavy (non-hydrogen) atoms. The molecule has 0 radical (unpaired) electrons. The van der Waals surface area contributed by atoms with Gasteiger partial charge in [0.1, 0.15) is 0 Å². The Kier molecular flexibility index (Phi) is 8.47. The number of carboxylic acid groups (broad SMARTS) is 1. The molecule has 0 bridgehead atoms. The van der Waals surface area contributed by atoms with Gasteiger partial charge in [0.2, 0.25) is 0 Å². The number of hydrogen-bond acceptors (Lipinski definition) is 2. The number of halogens is 1. The first-order valence-electron chi connectivity index (χ1n) is 11.9. The van der Waals surface area contributed by atoms with Crippen molar-refractivity contribution in [3.63, 3.8) is 0 Å². The molecule has 5 heteroatoms. The van der Waals surface area contributed by atoms with E-state index >= 15 is 0 Å². The Hall–Kier alpha value is -1.26. The highest BCUT2D eigenvalue weighted by molar-refractivity contribution is 5.85. The van der Waals surface area contributed by atoms with E-state index in [1.165, 1.54) is 98.9 Å². The Labute approximate surface area is 188 Å². The van der Waals surface area contributed by atoms with Crippen LogP contribution in [0.3, 0.4) is 0 Å². The molecular formula is C25H39ClN2O2. The summed E-state index contributed by atoms with van der Waals surface area (Å²) in [5.41, 5.74) is 4.14. The summed E-state index contributed by atoms with van der Waals surface area (Å²) < 4.78 is 0. The van der Waals surface area contributed by atoms with Crippen molar-refractivity contribution in [2.24, 2.45) is 5.92 Å². The Morgan fingerprint density at radius 2 is 1.93 bits per heavy atom. The van der Waals surface area contributed by atoms with E-state index in [9.17, 15) is 9.90 Å². The number of nitrogens with zero attached hydrogens (tertiary/aromatic N) is 2. The SMILES string of the molecule is CN(Cc1cccc2c1CC[C@H]1[C@@H]2CCN1CCCCC1CCCCC1)C(=O)O.Cl. The van der Waals surface area contributed by atoms with Gasteiger partial charge in [-0.2, -0.15) is 0 Å². The van der Waals surface area contributed by atoms with Gasteiger partial charge in [0.25, 0.3) is 0 Å². The monoisotopic (exact) mass is 434 g/mol. The van der Waals surface area contributed by atoms with Crippen LogP contribution >= 0.6 is 12.4 Å². The first-order chi connectivity index (χ1) is 14.1. The molecule has 1 saturated carbocycles. The quantitative estimate of drug-likeness (QED) is 0.529. The van der Waals surface area contributed by atoms with Crippen LogP contribution in [-0.4, -0.2) is 47.2 Å². The number of unbranched alkanes of at least 4 members (excludes halogenated alkanes) is 1. The van der Waals surface area contributed by atoms with Gasteiger partial charge in [-0.3, -0.25) is 4.90 Å². The van der Waals surface area contributed by atoms with Gasteiger partial charge >= 0.3 is 6.09 Å². The summed E-state index contributed by atoms with van der Waals surface area (Å²) in [7, 11) is 1.66. The Bertz CT molecular complexity index is 704. The summed E-state index contributed by atoms with van der Waals surface area (Å²) in [6.07, 6.45) is 14.3. The third-order valence-electron chi connectivity index (χ3n) is 7.83. The van der Waals surface area contributed by atoms with E-state index in [4.69, 9.17) is 0 Å². The van der Waals surface area contributed by atoms with Gasteiger partial charge in [0, 0.05) is 25.6 Å². The van der Waals surface area contributed by atoms with E-state index in [1.54, 1.807) is 7.05 Å². The van der Waals surface area contributed by atoms with Crippen LogP contribution in [0.5, 0.6) is 0 Å². The maximum Gasteiger partial charge on any atom is 0.407 e. The summed E-state index contributed by atoms with van der Waals surface area (Å²) in [5, 5.41) is 9.24. The van der Waals surface area contributed by atoms with Gasteiger partial charge < -0.3 is 10.0 Å². The Balaban J connectivity index is 0.00000256. The molecule has 1 aromatic carbocycles. The van der Waals surface area contributed by atoms with E-state index in [0.717, 1.165) is 12.3 Å². The lowest BCUT2D eigenvalue weighted by Crippen LogP contribution is -2.36. The fourth-order valence-corrected chi connectivity index (χ4v) is 6.24. The van der Waals surface area contributed by atoms with Crippen LogP contribution in [0.2, 0.25) is 0 Å². The van der Waals surface area contributed by atoms with Gasteiger partial charge in [-0.25, -0.2) is 4.79 Å². The zero-order valence-corrected chi connectivity index (χ0v) is 19.3. The van der Waals surface area contributed by atoms with Crippen LogP contribution < -0.4 is 0 Å². The number of likely N-dealkylation sites (tertiary alicyclic amines) is 1. The van der Waals surface area contributed by atoms with Crippen LogP contribution in [-0.2, 0) is 13.0 Å². The predicted octanol–water partition coefficient (Wildman–Crippen LogP) is 6.07. The topological polar surface area (TPSA) is 43.8 Å². The van der Waals surface area contributed by atoms with Gasteiger partial charge in [0.05, 0.1) is 0 Å². The largest absolute Gasteiger partial charge is 0.465 e. The molecule has 168 valence electrons. The van der Waals surface area contributed by atoms with E-state index in [1.807, 2.05) is 0 Å². The second-order valence-electron chi connectivity index (χ2n) is 9.66. The Morgan fingerprint density at radius 3 is 2.70 bits per heavy atom. The van der Waals surface area contributed by atoms with Gasteiger partial charge in [0.15, 0.2) is 0 Å². The third kappa shape index (κ3) is 5.31. The van der Waals surface area contributed by atoms with Crippen molar-refractivity contribution in [2.75, 3.05) is 20.1 Å².